The van der Waals surface area contributed by atoms with E-state index in [1.807, 2.05) is 0 Å². The summed E-state index contributed by atoms with van der Waals surface area (Å²) in [4.78, 5) is 28.4. The first-order valence-electron chi connectivity index (χ1n) is 13.1. The van der Waals surface area contributed by atoms with Crippen LogP contribution >= 0.6 is 11.6 Å². The van der Waals surface area contributed by atoms with Crippen molar-refractivity contribution in [3.8, 4) is 0 Å². The van der Waals surface area contributed by atoms with Crippen molar-refractivity contribution in [1.29, 1.82) is 0 Å². The minimum absolute atomic E-state index is 0.0503. The average Bonchev–Trinajstić information content (AvgIpc) is 2.91. The Morgan fingerprint density at radius 1 is 0.929 bits per heavy atom. The summed E-state index contributed by atoms with van der Waals surface area (Å²) < 4.78 is 69.3. The van der Waals surface area contributed by atoms with E-state index in [1.54, 1.807) is 64.1 Å². The molecule has 1 atom stereocenters. The van der Waals surface area contributed by atoms with E-state index in [-0.39, 0.29) is 22.9 Å². The number of rotatable bonds is 10. The van der Waals surface area contributed by atoms with Gasteiger partial charge in [0.1, 0.15) is 12.6 Å². The molecule has 0 fully saturated rings. The van der Waals surface area contributed by atoms with Crippen LogP contribution in [0, 0.1) is 0 Å². The van der Waals surface area contributed by atoms with Gasteiger partial charge in [-0.1, -0.05) is 67.1 Å². The number of hydrogen-bond donors (Lipinski definition) is 1. The molecule has 3 aromatic carbocycles. The third-order valence-electron chi connectivity index (χ3n) is 6.23. The van der Waals surface area contributed by atoms with Gasteiger partial charge in [-0.3, -0.25) is 13.9 Å². The van der Waals surface area contributed by atoms with Gasteiger partial charge in [-0.05, 0) is 63.1 Å². The van der Waals surface area contributed by atoms with E-state index in [0.29, 0.717) is 15.9 Å². The van der Waals surface area contributed by atoms with Gasteiger partial charge in [0.2, 0.25) is 11.8 Å². The highest BCUT2D eigenvalue weighted by Crippen LogP contribution is 2.37. The Hall–Kier alpha value is -3.57. The van der Waals surface area contributed by atoms with Crippen molar-refractivity contribution >= 4 is 39.1 Å². The molecule has 0 aliphatic rings. The van der Waals surface area contributed by atoms with Crippen molar-refractivity contribution in [3.63, 3.8) is 0 Å². The molecule has 0 aromatic heterocycles. The summed E-state index contributed by atoms with van der Waals surface area (Å²) in [6, 6.07) is 17.0. The summed E-state index contributed by atoms with van der Waals surface area (Å²) in [5.41, 5.74) is -1.61. The number of benzene rings is 3. The molecule has 0 radical (unpaired) electrons. The minimum atomic E-state index is -4.80. The van der Waals surface area contributed by atoms with Gasteiger partial charge in [-0.25, -0.2) is 8.42 Å². The molecule has 42 heavy (non-hydrogen) atoms. The van der Waals surface area contributed by atoms with E-state index in [0.717, 1.165) is 12.1 Å². The lowest BCUT2D eigenvalue weighted by atomic mass is 10.1. The molecule has 12 heteroatoms. The maximum atomic E-state index is 14.0. The highest BCUT2D eigenvalue weighted by molar-refractivity contribution is 7.92. The molecule has 0 heterocycles. The van der Waals surface area contributed by atoms with E-state index in [1.165, 1.54) is 29.2 Å². The van der Waals surface area contributed by atoms with Gasteiger partial charge in [0, 0.05) is 12.1 Å². The molecule has 0 aliphatic carbocycles. The standard InChI is InChI=1S/C30H33ClF3N3O4S/c1-5-25(28(39)35-29(2,3)4)36(19-21-12-8-6-9-13-21)27(38)20-37(42(40,41)23-14-10-7-11-15-23)26-18-22(30(32,33)34)16-17-24(26)31/h6-18,25H,5,19-20H2,1-4H3,(H,35,39)/t25-/m0/s1. The normalized spacial score (nSPS) is 12.9. The molecule has 0 spiro atoms. The van der Waals surface area contributed by atoms with Gasteiger partial charge in [0.05, 0.1) is 21.2 Å². The van der Waals surface area contributed by atoms with Crippen LogP contribution in [0.3, 0.4) is 0 Å². The van der Waals surface area contributed by atoms with Crippen molar-refractivity contribution in [2.45, 2.75) is 63.3 Å². The Labute approximate surface area is 249 Å². The number of nitrogens with one attached hydrogen (secondary N) is 1. The monoisotopic (exact) mass is 623 g/mol. The summed E-state index contributed by atoms with van der Waals surface area (Å²) >= 11 is 6.28. The van der Waals surface area contributed by atoms with E-state index in [9.17, 15) is 31.2 Å². The molecule has 0 saturated heterocycles. The predicted molar refractivity (Wildman–Crippen MR) is 156 cm³/mol. The van der Waals surface area contributed by atoms with Gasteiger partial charge >= 0.3 is 6.18 Å². The van der Waals surface area contributed by atoms with Crippen LogP contribution in [0.2, 0.25) is 5.02 Å². The number of alkyl halides is 3. The molecule has 0 saturated carbocycles. The second-order valence-corrected chi connectivity index (χ2v) is 12.9. The molecule has 0 aliphatic heterocycles. The van der Waals surface area contributed by atoms with Crippen molar-refractivity contribution < 1.29 is 31.2 Å². The number of nitrogens with zero attached hydrogens (tertiary/aromatic N) is 2. The summed E-state index contributed by atoms with van der Waals surface area (Å²) in [6.07, 6.45) is -4.61. The first-order chi connectivity index (χ1) is 19.5. The van der Waals surface area contributed by atoms with Crippen LogP contribution in [0.25, 0.3) is 0 Å². The molecule has 0 bridgehead atoms. The first kappa shape index (κ1) is 32.9. The summed E-state index contributed by atoms with van der Waals surface area (Å²) in [5, 5.41) is 2.55. The average molecular weight is 624 g/mol. The number of carbonyl (C=O) groups is 2. The summed E-state index contributed by atoms with van der Waals surface area (Å²) in [6.45, 7) is 6.09. The summed E-state index contributed by atoms with van der Waals surface area (Å²) in [5.74, 6) is -1.26. The highest BCUT2D eigenvalue weighted by atomic mass is 35.5. The predicted octanol–water partition coefficient (Wildman–Crippen LogP) is 6.28. The van der Waals surface area contributed by atoms with Crippen LogP contribution in [0.5, 0.6) is 0 Å². The lowest BCUT2D eigenvalue weighted by molar-refractivity contribution is -0.141. The SMILES string of the molecule is CC[C@@H](C(=O)NC(C)(C)C)N(Cc1ccccc1)C(=O)CN(c1cc(C(F)(F)F)ccc1Cl)S(=O)(=O)c1ccccc1. The zero-order valence-electron chi connectivity index (χ0n) is 23.7. The van der Waals surface area contributed by atoms with Crippen molar-refractivity contribution in [1.82, 2.24) is 10.2 Å². The maximum Gasteiger partial charge on any atom is 0.416 e. The summed E-state index contributed by atoms with van der Waals surface area (Å²) in [7, 11) is -4.59. The Morgan fingerprint density at radius 3 is 2.02 bits per heavy atom. The molecule has 2 amide bonds. The Balaban J connectivity index is 2.15. The molecule has 226 valence electrons. The quantitative estimate of drug-likeness (QED) is 0.288. The fourth-order valence-electron chi connectivity index (χ4n) is 4.27. The lowest BCUT2D eigenvalue weighted by Crippen LogP contribution is -2.55. The zero-order chi connectivity index (χ0) is 31.3. The third-order valence-corrected chi connectivity index (χ3v) is 8.33. The molecule has 3 aromatic rings. The highest BCUT2D eigenvalue weighted by Gasteiger charge is 2.37. The van der Waals surface area contributed by atoms with Gasteiger partial charge in [0.15, 0.2) is 0 Å². The van der Waals surface area contributed by atoms with Crippen LogP contribution in [-0.2, 0) is 32.3 Å². The van der Waals surface area contributed by atoms with Crippen molar-refractivity contribution in [2.24, 2.45) is 0 Å². The van der Waals surface area contributed by atoms with Crippen LogP contribution < -0.4 is 9.62 Å². The molecular weight excluding hydrogens is 591 g/mol. The van der Waals surface area contributed by atoms with Crippen molar-refractivity contribution in [3.05, 3.63) is 95.0 Å². The van der Waals surface area contributed by atoms with Crippen LogP contribution in [0.4, 0.5) is 18.9 Å². The molecule has 3 rings (SSSR count). The second kappa shape index (κ2) is 13.2. The smallest absolute Gasteiger partial charge is 0.350 e. The number of anilines is 1. The fourth-order valence-corrected chi connectivity index (χ4v) is 5.98. The van der Waals surface area contributed by atoms with Gasteiger partial charge in [-0.15, -0.1) is 0 Å². The second-order valence-electron chi connectivity index (χ2n) is 10.7. The molecule has 7 nitrogen and oxygen atoms in total. The van der Waals surface area contributed by atoms with E-state index in [4.69, 9.17) is 11.6 Å². The van der Waals surface area contributed by atoms with Gasteiger partial charge < -0.3 is 10.2 Å². The zero-order valence-corrected chi connectivity index (χ0v) is 25.2. The number of hydrogen-bond acceptors (Lipinski definition) is 4. The molecule has 0 unspecified atom stereocenters. The number of sulfonamides is 1. The van der Waals surface area contributed by atoms with E-state index in [2.05, 4.69) is 5.32 Å². The third kappa shape index (κ3) is 8.25. The molecule has 1 N–H and O–H groups in total. The topological polar surface area (TPSA) is 86.8 Å². The minimum Gasteiger partial charge on any atom is -0.350 e. The Kier molecular flexibility index (Phi) is 10.3. The number of halogens is 4. The Morgan fingerprint density at radius 2 is 1.50 bits per heavy atom. The van der Waals surface area contributed by atoms with Gasteiger partial charge in [-0.2, -0.15) is 13.2 Å². The van der Waals surface area contributed by atoms with Gasteiger partial charge in [0.25, 0.3) is 10.0 Å². The largest absolute Gasteiger partial charge is 0.416 e. The number of carbonyl (C=O) groups excluding carboxylic acids is 2. The molecular formula is C30H33ClF3N3O4S. The van der Waals surface area contributed by atoms with Crippen LogP contribution in [-0.4, -0.2) is 43.3 Å². The fraction of sp³-hybridized carbons (Fsp3) is 0.333. The van der Waals surface area contributed by atoms with E-state index < -0.39 is 57.4 Å². The number of amides is 2. The van der Waals surface area contributed by atoms with Crippen LogP contribution in [0.15, 0.2) is 83.8 Å². The van der Waals surface area contributed by atoms with Crippen molar-refractivity contribution in [2.75, 3.05) is 10.8 Å². The van der Waals surface area contributed by atoms with Crippen LogP contribution in [0.1, 0.15) is 45.2 Å². The van der Waals surface area contributed by atoms with E-state index >= 15 is 0 Å². The first-order valence-corrected chi connectivity index (χ1v) is 15.0. The lowest BCUT2D eigenvalue weighted by Gasteiger charge is -2.35. The Bertz CT molecular complexity index is 1500. The maximum absolute atomic E-state index is 14.0.